The molecule has 2 atom stereocenters. The molecule has 57 heavy (non-hydrogen) atoms. The van der Waals surface area contributed by atoms with Gasteiger partial charge in [0.05, 0.1) is 33.4 Å². The van der Waals surface area contributed by atoms with Crippen LogP contribution in [0.4, 0.5) is 22.7 Å². The fourth-order valence-corrected chi connectivity index (χ4v) is 6.60. The van der Waals surface area contributed by atoms with Gasteiger partial charge in [0.25, 0.3) is 0 Å². The highest BCUT2D eigenvalue weighted by atomic mass is 16.5. The zero-order valence-electron chi connectivity index (χ0n) is 31.6. The summed E-state index contributed by atoms with van der Waals surface area (Å²) < 4.78 is 11.2. The second-order valence-electron chi connectivity index (χ2n) is 13.4. The molecule has 0 aliphatic rings. The van der Waals surface area contributed by atoms with Crippen molar-refractivity contribution in [1.82, 2.24) is 9.97 Å². The first-order valence-electron chi connectivity index (χ1n) is 18.9. The van der Waals surface area contributed by atoms with Gasteiger partial charge in [0, 0.05) is 32.9 Å². The van der Waals surface area contributed by atoms with Crippen molar-refractivity contribution in [2.45, 2.75) is 45.3 Å². The lowest BCUT2D eigenvalue weighted by Gasteiger charge is -2.16. The van der Waals surface area contributed by atoms with E-state index in [0.29, 0.717) is 24.3 Å². The highest BCUT2D eigenvalue weighted by molar-refractivity contribution is 6.09. The number of carboxylic acids is 2. The summed E-state index contributed by atoms with van der Waals surface area (Å²) in [7, 11) is 0. The van der Waals surface area contributed by atoms with Crippen LogP contribution < -0.4 is 20.1 Å². The molecule has 0 aliphatic carbocycles. The molecule has 0 radical (unpaired) electrons. The van der Waals surface area contributed by atoms with Crippen LogP contribution in [0.1, 0.15) is 33.1 Å². The lowest BCUT2D eigenvalue weighted by molar-refractivity contribution is -0.146. The summed E-state index contributed by atoms with van der Waals surface area (Å²) in [6.07, 6.45) is -0.0354. The fourth-order valence-electron chi connectivity index (χ4n) is 6.60. The van der Waals surface area contributed by atoms with E-state index in [9.17, 15) is 14.7 Å². The number of hydrogen-bond acceptors (Lipinski definition) is 8. The molecule has 0 bridgehead atoms. The Bertz CT molecular complexity index is 2560. The second-order valence-corrected chi connectivity index (χ2v) is 13.4. The number of pyridine rings is 2. The van der Waals surface area contributed by atoms with Crippen molar-refractivity contribution in [3.05, 3.63) is 146 Å². The van der Waals surface area contributed by atoms with Crippen LogP contribution in [-0.2, 0) is 9.59 Å². The summed E-state index contributed by atoms with van der Waals surface area (Å²) in [6, 6.07) is 46.8. The number of rotatable bonds is 13. The first-order chi connectivity index (χ1) is 27.8. The van der Waals surface area contributed by atoms with Gasteiger partial charge in [-0.05, 0) is 85.6 Å². The lowest BCUT2D eigenvalue weighted by atomic mass is 10.1. The third kappa shape index (κ3) is 8.87. The van der Waals surface area contributed by atoms with Gasteiger partial charge in [-0.2, -0.15) is 0 Å². The average Bonchev–Trinajstić information content (AvgIpc) is 3.23. The number of fused-ring (bicyclic) bond motifs is 4. The number of carbonyl (C=O) groups is 2. The number of benzene rings is 6. The van der Waals surface area contributed by atoms with E-state index >= 15 is 0 Å². The predicted molar refractivity (Wildman–Crippen MR) is 227 cm³/mol. The van der Waals surface area contributed by atoms with Gasteiger partial charge < -0.3 is 30.3 Å². The number of nitrogens with one attached hydrogen (secondary N) is 2. The third-order valence-electron chi connectivity index (χ3n) is 9.45. The van der Waals surface area contributed by atoms with Crippen LogP contribution in [0.15, 0.2) is 146 Å². The number of aromatic nitrogens is 2. The van der Waals surface area contributed by atoms with Gasteiger partial charge in [-0.15, -0.1) is 0 Å². The van der Waals surface area contributed by atoms with Gasteiger partial charge >= 0.3 is 11.9 Å². The van der Waals surface area contributed by atoms with E-state index in [1.54, 1.807) is 31.2 Å². The molecule has 8 rings (SSSR count). The summed E-state index contributed by atoms with van der Waals surface area (Å²) in [6.45, 7) is 3.73. The first kappa shape index (κ1) is 38.1. The van der Waals surface area contributed by atoms with E-state index in [-0.39, 0.29) is 0 Å². The summed E-state index contributed by atoms with van der Waals surface area (Å²) in [5.41, 5.74) is 7.47. The van der Waals surface area contributed by atoms with Crippen molar-refractivity contribution in [2.75, 3.05) is 10.6 Å². The van der Waals surface area contributed by atoms with Gasteiger partial charge in [-0.25, -0.2) is 19.6 Å². The van der Waals surface area contributed by atoms with Crippen LogP contribution in [0.3, 0.4) is 0 Å². The Balaban J connectivity index is 0.000000174. The van der Waals surface area contributed by atoms with Crippen molar-refractivity contribution in [3.8, 4) is 11.5 Å². The standard InChI is InChI=1S/C24H22N2O3.C23H20N2O3/c1-2-7-22(24(27)28)29-17-14-12-16(13-15-17)25-23-18-8-3-5-10-20(18)26-21-11-6-4-9-19(21)23;1-2-21(23(26)27)28-16-13-11-15(12-14-16)24-22-17-7-3-5-9-19(17)25-20-10-6-4-8-18(20)22/h3-6,8-15,22H,2,7H2,1H3,(H,25,26)(H,27,28);3-14,21H,2H2,1H3,(H,24,25)(H,26,27). The topological polar surface area (TPSA) is 143 Å². The number of anilines is 4. The maximum atomic E-state index is 11.3. The Morgan fingerprint density at radius 2 is 0.842 bits per heavy atom. The smallest absolute Gasteiger partial charge is 0.344 e. The van der Waals surface area contributed by atoms with Crippen molar-refractivity contribution < 1.29 is 29.3 Å². The van der Waals surface area contributed by atoms with Gasteiger partial charge in [0.15, 0.2) is 12.2 Å². The first-order valence-corrected chi connectivity index (χ1v) is 18.9. The quantitative estimate of drug-likeness (QED) is 0.0839. The van der Waals surface area contributed by atoms with Crippen molar-refractivity contribution >= 4 is 78.3 Å². The molecule has 0 saturated carbocycles. The molecule has 4 N–H and O–H groups in total. The number of carboxylic acid groups (broad SMARTS) is 2. The Morgan fingerprint density at radius 1 is 0.509 bits per heavy atom. The highest BCUT2D eigenvalue weighted by Crippen LogP contribution is 2.35. The largest absolute Gasteiger partial charge is 0.479 e. The van der Waals surface area contributed by atoms with Crippen LogP contribution >= 0.6 is 0 Å². The van der Waals surface area contributed by atoms with Crippen LogP contribution in [0.25, 0.3) is 43.6 Å². The van der Waals surface area contributed by atoms with Crippen LogP contribution in [0.5, 0.6) is 11.5 Å². The van der Waals surface area contributed by atoms with Crippen molar-refractivity contribution in [1.29, 1.82) is 0 Å². The SMILES string of the molecule is CCC(Oc1ccc(Nc2c3ccccc3nc3ccccc23)cc1)C(=O)O.CCCC(Oc1ccc(Nc2c3ccccc3nc3ccccc23)cc1)C(=O)O. The number of ether oxygens (including phenoxy) is 2. The number of aliphatic carboxylic acids is 2. The summed E-state index contributed by atoms with van der Waals surface area (Å²) in [5.74, 6) is -0.826. The van der Waals surface area contributed by atoms with Crippen molar-refractivity contribution in [3.63, 3.8) is 0 Å². The van der Waals surface area contributed by atoms with E-state index in [1.165, 1.54) is 0 Å². The summed E-state index contributed by atoms with van der Waals surface area (Å²) in [5, 5.41) is 29.6. The fraction of sp³-hybridized carbons (Fsp3) is 0.149. The molecular weight excluding hydrogens is 717 g/mol. The molecule has 286 valence electrons. The number of para-hydroxylation sites is 4. The molecule has 10 nitrogen and oxygen atoms in total. The Kier molecular flexibility index (Phi) is 11.7. The molecule has 10 heteroatoms. The predicted octanol–water partition coefficient (Wildman–Crippen LogP) is 11.1. The molecule has 2 aromatic heterocycles. The molecule has 6 aromatic carbocycles. The van der Waals surface area contributed by atoms with Crippen LogP contribution in [0, 0.1) is 0 Å². The summed E-state index contributed by atoms with van der Waals surface area (Å²) >= 11 is 0. The molecular formula is C47H42N4O6. The van der Waals surface area contributed by atoms with Crippen LogP contribution in [-0.4, -0.2) is 44.3 Å². The Labute approximate surface area is 329 Å². The van der Waals surface area contributed by atoms with Gasteiger partial charge in [0.2, 0.25) is 0 Å². The monoisotopic (exact) mass is 758 g/mol. The maximum absolute atomic E-state index is 11.3. The maximum Gasteiger partial charge on any atom is 0.344 e. The zero-order valence-corrected chi connectivity index (χ0v) is 31.6. The molecule has 2 unspecified atom stereocenters. The Morgan fingerprint density at radius 3 is 1.16 bits per heavy atom. The molecule has 2 heterocycles. The average molecular weight is 759 g/mol. The minimum Gasteiger partial charge on any atom is -0.479 e. The molecule has 0 saturated heterocycles. The highest BCUT2D eigenvalue weighted by Gasteiger charge is 2.19. The van der Waals surface area contributed by atoms with E-state index < -0.39 is 24.1 Å². The van der Waals surface area contributed by atoms with E-state index in [0.717, 1.165) is 72.8 Å². The van der Waals surface area contributed by atoms with Gasteiger partial charge in [0.1, 0.15) is 11.5 Å². The minimum absolute atomic E-state index is 0.407. The van der Waals surface area contributed by atoms with E-state index in [4.69, 9.17) is 24.5 Å². The van der Waals surface area contributed by atoms with Gasteiger partial charge in [-0.1, -0.05) is 93.1 Å². The van der Waals surface area contributed by atoms with Crippen molar-refractivity contribution in [2.24, 2.45) is 0 Å². The molecule has 0 aliphatic heterocycles. The van der Waals surface area contributed by atoms with Crippen LogP contribution in [0.2, 0.25) is 0 Å². The lowest BCUT2D eigenvalue weighted by Crippen LogP contribution is -2.26. The second kappa shape index (κ2) is 17.5. The van der Waals surface area contributed by atoms with E-state index in [2.05, 4.69) is 22.8 Å². The number of nitrogens with zero attached hydrogens (tertiary/aromatic N) is 2. The molecule has 0 amide bonds. The molecule has 8 aromatic rings. The molecule has 0 spiro atoms. The third-order valence-corrected chi connectivity index (χ3v) is 9.45. The van der Waals surface area contributed by atoms with E-state index in [1.807, 2.05) is 116 Å². The number of hydrogen-bond donors (Lipinski definition) is 4. The van der Waals surface area contributed by atoms with Gasteiger partial charge in [-0.3, -0.25) is 0 Å². The Hall–Kier alpha value is -7.20. The summed E-state index contributed by atoms with van der Waals surface area (Å²) in [4.78, 5) is 31.9. The normalized spacial score (nSPS) is 12.0. The zero-order chi connectivity index (χ0) is 39.7. The minimum atomic E-state index is -0.959. The molecule has 0 fully saturated rings.